The maximum absolute atomic E-state index is 12.1. The smallest absolute Gasteiger partial charge is 0.251 e. The van der Waals surface area contributed by atoms with Crippen molar-refractivity contribution in [3.05, 3.63) is 58.6 Å². The molecule has 138 valence electrons. The van der Waals surface area contributed by atoms with Crippen molar-refractivity contribution in [1.29, 1.82) is 0 Å². The number of benzene rings is 2. The minimum atomic E-state index is -0.244. The zero-order chi connectivity index (χ0) is 18.9. The first-order valence-corrected chi connectivity index (χ1v) is 9.90. The van der Waals surface area contributed by atoms with Crippen LogP contribution < -0.4 is 10.6 Å². The average molecular weight is 437 g/mol. The fraction of sp³-hybridized carbons (Fsp3) is 0.263. The Morgan fingerprint density at radius 3 is 2.50 bits per heavy atom. The second-order valence-electron chi connectivity index (χ2n) is 5.66. The largest absolute Gasteiger partial charge is 0.508 e. The summed E-state index contributed by atoms with van der Waals surface area (Å²) in [5.74, 6) is -0.217. The second-order valence-corrected chi connectivity index (χ2v) is 7.99. The van der Waals surface area contributed by atoms with Gasteiger partial charge in [0.25, 0.3) is 5.91 Å². The van der Waals surface area contributed by atoms with Crippen LogP contribution in [0.4, 0.5) is 0 Å². The molecule has 2 amide bonds. The van der Waals surface area contributed by atoms with E-state index >= 15 is 0 Å². The molecule has 0 spiro atoms. The van der Waals surface area contributed by atoms with Crippen LogP contribution in [0.15, 0.2) is 57.9 Å². The normalized spacial score (nSPS) is 11.6. The first-order valence-electron chi connectivity index (χ1n) is 8.23. The van der Waals surface area contributed by atoms with Crippen molar-refractivity contribution >= 4 is 39.5 Å². The quantitative estimate of drug-likeness (QED) is 0.436. The van der Waals surface area contributed by atoms with Crippen LogP contribution in [-0.4, -0.2) is 35.3 Å². The number of aromatic hydroxyl groups is 1. The second kappa shape index (κ2) is 10.2. The molecule has 7 heteroatoms. The standard InChI is InChI=1S/C19H21BrN2O3S/c1-13(26-17-8-6-15(20)7-9-17)18(24)21-10-3-11-22-19(25)14-4-2-5-16(23)12-14/h2,4-9,12-13,23H,3,10-11H2,1H3,(H,21,24)(H,22,25). The highest BCUT2D eigenvalue weighted by molar-refractivity contribution is 9.10. The topological polar surface area (TPSA) is 78.4 Å². The molecule has 5 nitrogen and oxygen atoms in total. The molecule has 2 rings (SSSR count). The summed E-state index contributed by atoms with van der Waals surface area (Å²) in [6.45, 7) is 2.80. The minimum Gasteiger partial charge on any atom is -0.508 e. The highest BCUT2D eigenvalue weighted by atomic mass is 79.9. The van der Waals surface area contributed by atoms with Crippen molar-refractivity contribution in [2.45, 2.75) is 23.5 Å². The summed E-state index contributed by atoms with van der Waals surface area (Å²) in [5.41, 5.74) is 0.411. The molecule has 2 aromatic rings. The third-order valence-corrected chi connectivity index (χ3v) is 5.18. The number of phenols is 1. The van der Waals surface area contributed by atoms with Gasteiger partial charge in [0.15, 0.2) is 0 Å². The fourth-order valence-electron chi connectivity index (χ4n) is 2.17. The lowest BCUT2D eigenvalue weighted by Crippen LogP contribution is -2.33. The van der Waals surface area contributed by atoms with Gasteiger partial charge in [0.2, 0.25) is 5.91 Å². The van der Waals surface area contributed by atoms with Gasteiger partial charge in [0.1, 0.15) is 5.75 Å². The summed E-state index contributed by atoms with van der Waals surface area (Å²) in [5, 5.41) is 14.8. The Morgan fingerprint density at radius 2 is 1.81 bits per heavy atom. The predicted octanol–water partition coefficient (Wildman–Crippen LogP) is 3.57. The predicted molar refractivity (Wildman–Crippen MR) is 108 cm³/mol. The first-order chi connectivity index (χ1) is 12.5. The van der Waals surface area contributed by atoms with Crippen molar-refractivity contribution in [2.75, 3.05) is 13.1 Å². The van der Waals surface area contributed by atoms with Crippen molar-refractivity contribution in [1.82, 2.24) is 10.6 Å². The van der Waals surface area contributed by atoms with E-state index in [4.69, 9.17) is 0 Å². The van der Waals surface area contributed by atoms with Gasteiger partial charge in [-0.15, -0.1) is 11.8 Å². The zero-order valence-electron chi connectivity index (χ0n) is 14.4. The Labute approximate surface area is 165 Å². The van der Waals surface area contributed by atoms with Gasteiger partial charge in [-0.25, -0.2) is 0 Å². The lowest BCUT2D eigenvalue weighted by Gasteiger charge is -2.12. The molecule has 1 atom stereocenters. The van der Waals surface area contributed by atoms with Crippen molar-refractivity contribution < 1.29 is 14.7 Å². The van der Waals surface area contributed by atoms with E-state index in [1.165, 1.54) is 23.9 Å². The number of halogens is 1. The lowest BCUT2D eigenvalue weighted by atomic mass is 10.2. The van der Waals surface area contributed by atoms with Gasteiger partial charge in [0.05, 0.1) is 5.25 Å². The lowest BCUT2D eigenvalue weighted by molar-refractivity contribution is -0.120. The highest BCUT2D eigenvalue weighted by Crippen LogP contribution is 2.24. The summed E-state index contributed by atoms with van der Waals surface area (Å²) in [7, 11) is 0. The fourth-order valence-corrected chi connectivity index (χ4v) is 3.32. The Kier molecular flexibility index (Phi) is 8.00. The van der Waals surface area contributed by atoms with E-state index < -0.39 is 0 Å². The first kappa shape index (κ1) is 20.3. The number of nitrogens with one attached hydrogen (secondary N) is 2. The summed E-state index contributed by atoms with van der Waals surface area (Å²) in [4.78, 5) is 25.1. The number of hydrogen-bond acceptors (Lipinski definition) is 4. The monoisotopic (exact) mass is 436 g/mol. The van der Waals surface area contributed by atoms with Crippen LogP contribution in [0, 0.1) is 0 Å². The van der Waals surface area contributed by atoms with E-state index in [1.54, 1.807) is 12.1 Å². The van der Waals surface area contributed by atoms with Gasteiger partial charge in [-0.1, -0.05) is 22.0 Å². The van der Waals surface area contributed by atoms with Crippen LogP contribution in [0.2, 0.25) is 0 Å². The van der Waals surface area contributed by atoms with Crippen molar-refractivity contribution in [2.24, 2.45) is 0 Å². The molecule has 2 aromatic carbocycles. The van der Waals surface area contributed by atoms with Gasteiger partial charge in [-0.2, -0.15) is 0 Å². The molecule has 1 unspecified atom stereocenters. The van der Waals surface area contributed by atoms with Gasteiger partial charge in [-0.05, 0) is 55.8 Å². The van der Waals surface area contributed by atoms with E-state index in [1.807, 2.05) is 31.2 Å². The van der Waals surface area contributed by atoms with Crippen molar-refractivity contribution in [3.63, 3.8) is 0 Å². The number of amides is 2. The molecule has 0 saturated carbocycles. The van der Waals surface area contributed by atoms with E-state index in [0.717, 1.165) is 9.37 Å². The number of carbonyl (C=O) groups excluding carboxylic acids is 2. The molecule has 0 bridgehead atoms. The molecule has 0 aromatic heterocycles. The zero-order valence-corrected chi connectivity index (χ0v) is 16.8. The average Bonchev–Trinajstić information content (AvgIpc) is 2.63. The third kappa shape index (κ3) is 6.72. The SMILES string of the molecule is CC(Sc1ccc(Br)cc1)C(=O)NCCCNC(=O)c1cccc(O)c1. The molecular weight excluding hydrogens is 416 g/mol. The van der Waals surface area contributed by atoms with Crippen LogP contribution in [-0.2, 0) is 4.79 Å². The summed E-state index contributed by atoms with van der Waals surface area (Å²) in [6, 6.07) is 14.0. The van der Waals surface area contributed by atoms with E-state index in [0.29, 0.717) is 25.1 Å². The molecule has 0 fully saturated rings. The number of carbonyl (C=O) groups is 2. The van der Waals surface area contributed by atoms with Gasteiger partial charge in [-0.3, -0.25) is 9.59 Å². The Hall–Kier alpha value is -1.99. The van der Waals surface area contributed by atoms with E-state index in [-0.39, 0.29) is 22.8 Å². The Morgan fingerprint density at radius 1 is 1.12 bits per heavy atom. The molecule has 0 heterocycles. The van der Waals surface area contributed by atoms with Crippen LogP contribution >= 0.6 is 27.7 Å². The van der Waals surface area contributed by atoms with Crippen LogP contribution in [0.1, 0.15) is 23.7 Å². The summed E-state index contributed by atoms with van der Waals surface area (Å²) < 4.78 is 1.01. The van der Waals surface area contributed by atoms with E-state index in [2.05, 4.69) is 26.6 Å². The summed E-state index contributed by atoms with van der Waals surface area (Å²) >= 11 is 4.89. The maximum atomic E-state index is 12.1. The van der Waals surface area contributed by atoms with E-state index in [9.17, 15) is 14.7 Å². The number of thioether (sulfide) groups is 1. The molecular formula is C19H21BrN2O3S. The molecule has 0 aliphatic heterocycles. The molecule has 0 aliphatic carbocycles. The molecule has 26 heavy (non-hydrogen) atoms. The number of hydrogen-bond donors (Lipinski definition) is 3. The molecule has 0 radical (unpaired) electrons. The molecule has 0 aliphatic rings. The maximum Gasteiger partial charge on any atom is 0.251 e. The Bertz CT molecular complexity index is 753. The number of phenolic OH excluding ortho intramolecular Hbond substituents is 1. The molecule has 0 saturated heterocycles. The summed E-state index contributed by atoms with van der Waals surface area (Å²) in [6.07, 6.45) is 0.631. The van der Waals surface area contributed by atoms with Gasteiger partial charge >= 0.3 is 0 Å². The van der Waals surface area contributed by atoms with Gasteiger partial charge in [0, 0.05) is 28.0 Å². The van der Waals surface area contributed by atoms with Crippen LogP contribution in [0.5, 0.6) is 5.75 Å². The van der Waals surface area contributed by atoms with Crippen molar-refractivity contribution in [3.8, 4) is 5.75 Å². The number of rotatable bonds is 8. The Balaban J connectivity index is 1.65. The van der Waals surface area contributed by atoms with Crippen LogP contribution in [0.3, 0.4) is 0 Å². The van der Waals surface area contributed by atoms with Crippen LogP contribution in [0.25, 0.3) is 0 Å². The molecule has 3 N–H and O–H groups in total. The highest BCUT2D eigenvalue weighted by Gasteiger charge is 2.13. The van der Waals surface area contributed by atoms with Gasteiger partial charge < -0.3 is 15.7 Å². The minimum absolute atomic E-state index is 0.0303. The third-order valence-electron chi connectivity index (χ3n) is 3.54.